The molecule has 0 bridgehead atoms. The van der Waals surface area contributed by atoms with E-state index in [1.165, 1.54) is 6.34 Å². The Balaban J connectivity index is 3.28. The molecule has 0 unspecified atom stereocenters. The minimum Gasteiger partial charge on any atom is -0.381 e. The second-order valence-corrected chi connectivity index (χ2v) is 6.52. The van der Waals surface area contributed by atoms with Gasteiger partial charge in [0.2, 0.25) is 0 Å². The Morgan fingerprint density at radius 3 is 2.04 bits per heavy atom. The molecule has 0 amide bonds. The maximum absolute atomic E-state index is 10.4. The van der Waals surface area contributed by atoms with Crippen molar-refractivity contribution in [1.82, 2.24) is 0 Å². The van der Waals surface area contributed by atoms with Gasteiger partial charge in [0, 0.05) is 0 Å². The first kappa shape index (κ1) is 19.1. The van der Waals surface area contributed by atoms with Crippen LogP contribution < -0.4 is 5.73 Å². The zero-order chi connectivity index (χ0) is 18.4. The Morgan fingerprint density at radius 2 is 1.62 bits per heavy atom. The highest BCUT2D eigenvalue weighted by Crippen LogP contribution is 2.30. The molecule has 6 nitrogen and oxygen atoms in total. The first-order chi connectivity index (χ1) is 11.2. The summed E-state index contributed by atoms with van der Waals surface area (Å²) in [6.07, 6.45) is 1.66. The number of nitriles is 2. The number of rotatable bonds is 6. The fourth-order valence-electron chi connectivity index (χ4n) is 1.92. The lowest BCUT2D eigenvalue weighted by molar-refractivity contribution is -0.102. The summed E-state index contributed by atoms with van der Waals surface area (Å²) >= 11 is 0. The van der Waals surface area contributed by atoms with E-state index in [9.17, 15) is 15.3 Å². The van der Waals surface area contributed by atoms with Crippen molar-refractivity contribution in [2.75, 3.05) is 0 Å². The molecule has 0 aliphatic heterocycles. The molecule has 124 valence electrons. The SMILES string of the molecule is CC(C)(C#N)c1cc(CN=CN=C(N)C=O)cc(C(C)(C)C#N)c1. The van der Waals surface area contributed by atoms with Crippen molar-refractivity contribution in [3.8, 4) is 12.1 Å². The summed E-state index contributed by atoms with van der Waals surface area (Å²) in [6, 6.07) is 10.2. The van der Waals surface area contributed by atoms with E-state index in [1.807, 2.05) is 45.9 Å². The zero-order valence-electron chi connectivity index (χ0n) is 14.4. The lowest BCUT2D eigenvalue weighted by Crippen LogP contribution is -2.19. The standard InChI is InChI=1S/C18H21N5O/c1-17(2,10-19)14-5-13(8-22-12-23-16(21)9-24)6-15(7-14)18(3,4)11-20/h5-7,9,12H,8H2,1-4H3,(H2,21,22,23). The summed E-state index contributed by atoms with van der Waals surface area (Å²) in [5.74, 6) is -0.149. The van der Waals surface area contributed by atoms with Gasteiger partial charge in [-0.2, -0.15) is 10.5 Å². The average Bonchev–Trinajstić information content (AvgIpc) is 2.58. The molecule has 1 aromatic carbocycles. The molecule has 0 saturated carbocycles. The van der Waals surface area contributed by atoms with Crippen LogP contribution in [0.4, 0.5) is 0 Å². The van der Waals surface area contributed by atoms with Crippen LogP contribution in [0.2, 0.25) is 0 Å². The molecule has 2 N–H and O–H groups in total. The summed E-state index contributed by atoms with van der Waals surface area (Å²) in [7, 11) is 0. The highest BCUT2D eigenvalue weighted by Gasteiger charge is 2.25. The van der Waals surface area contributed by atoms with Crippen molar-refractivity contribution < 1.29 is 4.79 Å². The Hall–Kier alpha value is -2.99. The van der Waals surface area contributed by atoms with Gasteiger partial charge in [-0.3, -0.25) is 9.79 Å². The number of nitrogens with zero attached hydrogens (tertiary/aromatic N) is 4. The Bertz CT molecular complexity index is 716. The van der Waals surface area contributed by atoms with E-state index in [2.05, 4.69) is 22.1 Å². The normalized spacial score (nSPS) is 12.7. The molecule has 0 heterocycles. The van der Waals surface area contributed by atoms with Crippen LogP contribution in [0.3, 0.4) is 0 Å². The molecule has 0 spiro atoms. The lowest BCUT2D eigenvalue weighted by Gasteiger charge is -2.22. The van der Waals surface area contributed by atoms with Crippen LogP contribution in [0.15, 0.2) is 28.2 Å². The Labute approximate surface area is 142 Å². The smallest absolute Gasteiger partial charge is 0.184 e. The molecule has 0 aliphatic carbocycles. The van der Waals surface area contributed by atoms with Crippen LogP contribution in [0.5, 0.6) is 0 Å². The highest BCUT2D eigenvalue weighted by molar-refractivity contribution is 6.27. The molecule has 24 heavy (non-hydrogen) atoms. The second kappa shape index (κ2) is 7.52. The van der Waals surface area contributed by atoms with Crippen LogP contribution in [-0.2, 0) is 22.2 Å². The maximum Gasteiger partial charge on any atom is 0.184 e. The number of carbonyl (C=O) groups is 1. The predicted octanol–water partition coefficient (Wildman–Crippen LogP) is 2.37. The van der Waals surface area contributed by atoms with Crippen molar-refractivity contribution in [3.05, 3.63) is 34.9 Å². The number of amidine groups is 1. The van der Waals surface area contributed by atoms with E-state index in [-0.39, 0.29) is 5.84 Å². The number of nitrogens with two attached hydrogens (primary N) is 1. The molecular weight excluding hydrogens is 302 g/mol. The third-order valence-electron chi connectivity index (χ3n) is 3.68. The van der Waals surface area contributed by atoms with Crippen LogP contribution in [0.25, 0.3) is 0 Å². The fourth-order valence-corrected chi connectivity index (χ4v) is 1.92. The number of hydrogen-bond acceptors (Lipinski definition) is 4. The predicted molar refractivity (Wildman–Crippen MR) is 93.6 cm³/mol. The van der Waals surface area contributed by atoms with E-state index in [0.29, 0.717) is 12.8 Å². The van der Waals surface area contributed by atoms with Crippen molar-refractivity contribution in [3.63, 3.8) is 0 Å². The van der Waals surface area contributed by atoms with Crippen molar-refractivity contribution >= 4 is 18.5 Å². The van der Waals surface area contributed by atoms with Gasteiger partial charge in [0.1, 0.15) is 6.34 Å². The third kappa shape index (κ3) is 4.76. The number of carbonyl (C=O) groups excluding carboxylic acids is 1. The minimum atomic E-state index is -0.680. The van der Waals surface area contributed by atoms with Gasteiger partial charge in [-0.15, -0.1) is 0 Å². The second-order valence-electron chi connectivity index (χ2n) is 6.52. The largest absolute Gasteiger partial charge is 0.381 e. The number of aldehydes is 1. The topological polar surface area (TPSA) is 115 Å². The Kier molecular flexibility index (Phi) is 5.97. The molecule has 6 heteroatoms. The van der Waals surface area contributed by atoms with E-state index in [1.54, 1.807) is 0 Å². The van der Waals surface area contributed by atoms with Crippen LogP contribution in [-0.4, -0.2) is 18.5 Å². The fraction of sp³-hybridized carbons (Fsp3) is 0.389. The maximum atomic E-state index is 10.4. The molecule has 0 radical (unpaired) electrons. The minimum absolute atomic E-state index is 0.149. The number of hydrogen-bond donors (Lipinski definition) is 1. The van der Waals surface area contributed by atoms with Gasteiger partial charge in [0.05, 0.1) is 29.5 Å². The number of aliphatic imine (C=N–C) groups is 2. The first-order valence-electron chi connectivity index (χ1n) is 7.40. The summed E-state index contributed by atoms with van der Waals surface area (Å²) in [5, 5.41) is 18.8. The Morgan fingerprint density at radius 1 is 1.12 bits per heavy atom. The van der Waals surface area contributed by atoms with Gasteiger partial charge < -0.3 is 5.73 Å². The summed E-state index contributed by atoms with van der Waals surface area (Å²) in [5.41, 5.74) is 6.41. The van der Waals surface area contributed by atoms with Gasteiger partial charge in [-0.1, -0.05) is 18.2 Å². The summed E-state index contributed by atoms with van der Waals surface area (Å²) in [6.45, 7) is 7.61. The molecule has 0 atom stereocenters. The van der Waals surface area contributed by atoms with Gasteiger partial charge in [-0.05, 0) is 44.4 Å². The van der Waals surface area contributed by atoms with Crippen molar-refractivity contribution in [1.29, 1.82) is 10.5 Å². The molecule has 0 aromatic heterocycles. The molecule has 0 saturated heterocycles. The van der Waals surface area contributed by atoms with E-state index < -0.39 is 10.8 Å². The molecule has 1 rings (SSSR count). The van der Waals surface area contributed by atoms with Crippen LogP contribution >= 0.6 is 0 Å². The van der Waals surface area contributed by atoms with E-state index in [4.69, 9.17) is 5.73 Å². The van der Waals surface area contributed by atoms with E-state index >= 15 is 0 Å². The van der Waals surface area contributed by atoms with Gasteiger partial charge >= 0.3 is 0 Å². The summed E-state index contributed by atoms with van der Waals surface area (Å²) < 4.78 is 0. The zero-order valence-corrected chi connectivity index (χ0v) is 14.4. The van der Waals surface area contributed by atoms with Gasteiger partial charge in [0.25, 0.3) is 0 Å². The van der Waals surface area contributed by atoms with E-state index in [0.717, 1.165) is 16.7 Å². The monoisotopic (exact) mass is 323 g/mol. The summed E-state index contributed by atoms with van der Waals surface area (Å²) in [4.78, 5) is 18.1. The number of benzene rings is 1. The van der Waals surface area contributed by atoms with Gasteiger partial charge in [0.15, 0.2) is 12.1 Å². The molecule has 1 aromatic rings. The quantitative estimate of drug-likeness (QED) is 0.491. The van der Waals surface area contributed by atoms with Crippen molar-refractivity contribution in [2.45, 2.75) is 45.1 Å². The van der Waals surface area contributed by atoms with Crippen LogP contribution in [0.1, 0.15) is 44.4 Å². The molecule has 0 aliphatic rings. The van der Waals surface area contributed by atoms with Crippen LogP contribution in [0, 0.1) is 22.7 Å². The van der Waals surface area contributed by atoms with Crippen molar-refractivity contribution in [2.24, 2.45) is 15.7 Å². The highest BCUT2D eigenvalue weighted by atomic mass is 16.1. The molecular formula is C18H21N5O. The first-order valence-corrected chi connectivity index (χ1v) is 7.40. The average molecular weight is 323 g/mol. The van der Waals surface area contributed by atoms with Gasteiger partial charge in [-0.25, -0.2) is 4.99 Å². The third-order valence-corrected chi connectivity index (χ3v) is 3.68. The molecule has 0 fully saturated rings. The lowest BCUT2D eigenvalue weighted by atomic mass is 9.79.